The van der Waals surface area contributed by atoms with Crippen molar-refractivity contribution in [2.45, 2.75) is 0 Å². The zero-order chi connectivity index (χ0) is 12.1. The summed E-state index contributed by atoms with van der Waals surface area (Å²) >= 11 is 1.54. The Morgan fingerprint density at radius 3 is 3.06 bits per heavy atom. The molecule has 0 amide bonds. The average Bonchev–Trinajstić information content (AvgIpc) is 2.90. The molecule has 17 heavy (non-hydrogen) atoms. The van der Waals surface area contributed by atoms with Gasteiger partial charge in [0, 0.05) is 17.1 Å². The fourth-order valence-electron chi connectivity index (χ4n) is 1.39. The average molecular weight is 242 g/mol. The number of rotatable bonds is 4. The number of ether oxygens (including phenoxy) is 1. The molecule has 0 radical (unpaired) electrons. The van der Waals surface area contributed by atoms with Crippen molar-refractivity contribution in [3.8, 4) is 22.4 Å². The topological polar surface area (TPSA) is 45.9 Å². The summed E-state index contributed by atoms with van der Waals surface area (Å²) in [6.45, 7) is 3.97. The number of nitriles is 1. The molecule has 1 heterocycles. The first-order valence-corrected chi connectivity index (χ1v) is 5.91. The second-order valence-electron chi connectivity index (χ2n) is 3.26. The molecular formula is C13H10N2OS. The Morgan fingerprint density at radius 1 is 1.53 bits per heavy atom. The molecule has 4 heteroatoms. The van der Waals surface area contributed by atoms with Crippen LogP contribution in [0.2, 0.25) is 0 Å². The molecule has 0 saturated carbocycles. The van der Waals surface area contributed by atoms with Crippen LogP contribution < -0.4 is 4.74 Å². The molecule has 0 atom stereocenters. The molecule has 0 bridgehead atoms. The Kier molecular flexibility index (Phi) is 3.53. The summed E-state index contributed by atoms with van der Waals surface area (Å²) in [6, 6.07) is 7.60. The van der Waals surface area contributed by atoms with E-state index in [-0.39, 0.29) is 0 Å². The maximum atomic E-state index is 9.07. The van der Waals surface area contributed by atoms with Crippen LogP contribution in [-0.4, -0.2) is 11.6 Å². The van der Waals surface area contributed by atoms with Crippen LogP contribution in [0.4, 0.5) is 0 Å². The third-order valence-corrected chi connectivity index (χ3v) is 2.96. The lowest BCUT2D eigenvalue weighted by molar-refractivity contribution is 0.362. The Morgan fingerprint density at radius 2 is 2.41 bits per heavy atom. The van der Waals surface area contributed by atoms with Gasteiger partial charge in [-0.1, -0.05) is 12.7 Å². The van der Waals surface area contributed by atoms with Gasteiger partial charge < -0.3 is 4.74 Å². The summed E-state index contributed by atoms with van der Waals surface area (Å²) in [6.07, 6.45) is 3.39. The van der Waals surface area contributed by atoms with E-state index in [1.54, 1.807) is 35.7 Å². The van der Waals surface area contributed by atoms with Crippen LogP contribution in [0.15, 0.2) is 42.4 Å². The van der Waals surface area contributed by atoms with Crippen LogP contribution in [0.25, 0.3) is 10.6 Å². The third-order valence-electron chi connectivity index (χ3n) is 2.14. The van der Waals surface area contributed by atoms with Gasteiger partial charge in [-0.3, -0.25) is 0 Å². The summed E-state index contributed by atoms with van der Waals surface area (Å²) < 4.78 is 5.39. The van der Waals surface area contributed by atoms with Gasteiger partial charge in [0.25, 0.3) is 0 Å². The largest absolute Gasteiger partial charge is 0.488 e. The highest BCUT2D eigenvalue weighted by Gasteiger charge is 2.07. The van der Waals surface area contributed by atoms with Crippen LogP contribution in [0.5, 0.6) is 5.75 Å². The second kappa shape index (κ2) is 5.28. The first-order valence-electron chi connectivity index (χ1n) is 5.03. The maximum Gasteiger partial charge on any atom is 0.137 e. The fourth-order valence-corrected chi connectivity index (χ4v) is 2.03. The highest BCUT2D eigenvalue weighted by Crippen LogP contribution is 2.27. The minimum Gasteiger partial charge on any atom is -0.488 e. The Balaban J connectivity index is 2.35. The van der Waals surface area contributed by atoms with Crippen LogP contribution in [0.1, 0.15) is 5.56 Å². The predicted molar refractivity (Wildman–Crippen MR) is 68.0 cm³/mol. The van der Waals surface area contributed by atoms with Crippen molar-refractivity contribution in [2.24, 2.45) is 0 Å². The molecular weight excluding hydrogens is 232 g/mol. The van der Waals surface area contributed by atoms with Gasteiger partial charge in [0.15, 0.2) is 0 Å². The SMILES string of the molecule is C=CCOc1ccc(-c2nccs2)cc1C#N. The standard InChI is InChI=1S/C13H10N2OS/c1-2-6-16-12-4-3-10(8-11(12)9-14)13-15-5-7-17-13/h2-5,7-8H,1,6H2. The summed E-state index contributed by atoms with van der Waals surface area (Å²) in [5.41, 5.74) is 1.45. The number of benzene rings is 1. The third kappa shape index (κ3) is 2.52. The molecule has 0 fully saturated rings. The Labute approximate surface area is 104 Å². The van der Waals surface area contributed by atoms with E-state index < -0.39 is 0 Å². The van der Waals surface area contributed by atoms with E-state index in [2.05, 4.69) is 17.6 Å². The van der Waals surface area contributed by atoms with Crippen molar-refractivity contribution in [1.29, 1.82) is 5.26 Å². The summed E-state index contributed by atoms with van der Waals surface area (Å²) in [4.78, 5) is 4.21. The molecule has 1 aromatic carbocycles. The molecule has 2 rings (SSSR count). The highest BCUT2D eigenvalue weighted by molar-refractivity contribution is 7.13. The second-order valence-corrected chi connectivity index (χ2v) is 4.15. The number of aromatic nitrogens is 1. The molecule has 0 unspecified atom stereocenters. The highest BCUT2D eigenvalue weighted by atomic mass is 32.1. The minimum absolute atomic E-state index is 0.394. The van der Waals surface area contributed by atoms with E-state index in [4.69, 9.17) is 10.00 Å². The quantitative estimate of drug-likeness (QED) is 0.773. The molecule has 3 nitrogen and oxygen atoms in total. The summed E-state index contributed by atoms with van der Waals surface area (Å²) in [5.74, 6) is 0.577. The van der Waals surface area contributed by atoms with E-state index in [1.165, 1.54) is 0 Å². The van der Waals surface area contributed by atoms with Crippen molar-refractivity contribution < 1.29 is 4.74 Å². The normalized spacial score (nSPS) is 9.59. The van der Waals surface area contributed by atoms with Crippen molar-refractivity contribution >= 4 is 11.3 Å². The summed E-state index contributed by atoms with van der Waals surface area (Å²) in [5, 5.41) is 11.9. The van der Waals surface area contributed by atoms with Crippen molar-refractivity contribution in [3.05, 3.63) is 48.0 Å². The van der Waals surface area contributed by atoms with Gasteiger partial charge in [0.05, 0.1) is 5.56 Å². The Hall–Kier alpha value is -2.12. The van der Waals surface area contributed by atoms with Crippen LogP contribution >= 0.6 is 11.3 Å². The Bertz CT molecular complexity index is 555. The molecule has 1 aromatic heterocycles. The van der Waals surface area contributed by atoms with Crippen LogP contribution in [0, 0.1) is 11.3 Å². The van der Waals surface area contributed by atoms with E-state index in [0.29, 0.717) is 17.9 Å². The molecule has 84 valence electrons. The molecule has 0 saturated heterocycles. The molecule has 0 aliphatic rings. The van der Waals surface area contributed by atoms with E-state index in [0.717, 1.165) is 10.6 Å². The van der Waals surface area contributed by atoms with Crippen molar-refractivity contribution in [3.63, 3.8) is 0 Å². The van der Waals surface area contributed by atoms with Gasteiger partial charge in [-0.25, -0.2) is 4.98 Å². The lowest BCUT2D eigenvalue weighted by Gasteiger charge is -2.06. The zero-order valence-electron chi connectivity index (χ0n) is 9.09. The lowest BCUT2D eigenvalue weighted by Crippen LogP contribution is -1.95. The first kappa shape index (κ1) is 11.4. The van der Waals surface area contributed by atoms with Gasteiger partial charge in [0.1, 0.15) is 23.4 Å². The molecule has 0 aliphatic carbocycles. The number of nitrogens with zero attached hydrogens (tertiary/aromatic N) is 2. The van der Waals surface area contributed by atoms with Crippen LogP contribution in [-0.2, 0) is 0 Å². The van der Waals surface area contributed by atoms with Crippen molar-refractivity contribution in [1.82, 2.24) is 4.98 Å². The van der Waals surface area contributed by atoms with Crippen LogP contribution in [0.3, 0.4) is 0 Å². The van der Waals surface area contributed by atoms with Gasteiger partial charge in [-0.2, -0.15) is 5.26 Å². The van der Waals surface area contributed by atoms with E-state index >= 15 is 0 Å². The molecule has 0 aliphatic heterocycles. The van der Waals surface area contributed by atoms with Crippen molar-refractivity contribution in [2.75, 3.05) is 6.61 Å². The number of hydrogen-bond donors (Lipinski definition) is 0. The predicted octanol–water partition coefficient (Wildman–Crippen LogP) is 3.25. The minimum atomic E-state index is 0.394. The number of hydrogen-bond acceptors (Lipinski definition) is 4. The van der Waals surface area contributed by atoms with Gasteiger partial charge >= 0.3 is 0 Å². The molecule has 0 spiro atoms. The molecule has 2 aromatic rings. The fraction of sp³-hybridized carbons (Fsp3) is 0.0769. The monoisotopic (exact) mass is 242 g/mol. The smallest absolute Gasteiger partial charge is 0.137 e. The zero-order valence-corrected chi connectivity index (χ0v) is 9.91. The van der Waals surface area contributed by atoms with Gasteiger partial charge in [-0.05, 0) is 18.2 Å². The summed E-state index contributed by atoms with van der Waals surface area (Å²) in [7, 11) is 0. The molecule has 0 N–H and O–H groups in total. The van der Waals surface area contributed by atoms with E-state index in [9.17, 15) is 0 Å². The first-order chi connectivity index (χ1) is 8.35. The van der Waals surface area contributed by atoms with Gasteiger partial charge in [0.2, 0.25) is 0 Å². The van der Waals surface area contributed by atoms with E-state index in [1.807, 2.05) is 11.4 Å². The van der Waals surface area contributed by atoms with Gasteiger partial charge in [-0.15, -0.1) is 11.3 Å². The maximum absolute atomic E-state index is 9.07. The number of thiazole rings is 1. The lowest BCUT2D eigenvalue weighted by atomic mass is 10.1.